The number of rotatable bonds is 5. The van der Waals surface area contributed by atoms with Gasteiger partial charge in [-0.15, -0.1) is 11.3 Å². The average Bonchev–Trinajstić information content (AvgIpc) is 2.93. The van der Waals surface area contributed by atoms with E-state index in [4.69, 9.17) is 0 Å². The standard InChI is InChI=1S/C16H27N3O2S/c1-11-9-22-14(18-11)12(2)19-15(20)17-10-16(3,21)13-7-5-4-6-8-13/h9,12-13,21H,4-8,10H2,1-3H3,(H2,17,19,20)/t12-,16+/m0/s1. The first-order valence-corrected chi connectivity index (χ1v) is 8.95. The third kappa shape index (κ3) is 4.68. The van der Waals surface area contributed by atoms with Crippen LogP contribution in [0.2, 0.25) is 0 Å². The molecule has 1 aromatic heterocycles. The first-order valence-electron chi connectivity index (χ1n) is 8.07. The summed E-state index contributed by atoms with van der Waals surface area (Å²) in [5.41, 5.74) is 0.132. The van der Waals surface area contributed by atoms with Crippen molar-refractivity contribution in [3.05, 3.63) is 16.1 Å². The molecule has 124 valence electrons. The maximum Gasteiger partial charge on any atom is 0.315 e. The highest BCUT2D eigenvalue weighted by molar-refractivity contribution is 7.09. The van der Waals surface area contributed by atoms with Gasteiger partial charge in [0.2, 0.25) is 0 Å². The second-order valence-corrected chi connectivity index (χ2v) is 7.46. The molecule has 22 heavy (non-hydrogen) atoms. The number of thiazole rings is 1. The molecule has 1 heterocycles. The van der Waals surface area contributed by atoms with E-state index in [9.17, 15) is 9.90 Å². The minimum absolute atomic E-state index is 0.127. The van der Waals surface area contributed by atoms with E-state index in [1.165, 1.54) is 19.3 Å². The van der Waals surface area contributed by atoms with Crippen molar-refractivity contribution in [2.24, 2.45) is 5.92 Å². The van der Waals surface area contributed by atoms with E-state index < -0.39 is 5.60 Å². The molecule has 6 heteroatoms. The van der Waals surface area contributed by atoms with Crippen LogP contribution in [0.15, 0.2) is 5.38 Å². The van der Waals surface area contributed by atoms with Crippen molar-refractivity contribution in [3.8, 4) is 0 Å². The molecule has 1 saturated carbocycles. The summed E-state index contributed by atoms with van der Waals surface area (Å²) in [6.07, 6.45) is 5.70. The van der Waals surface area contributed by atoms with Crippen molar-refractivity contribution < 1.29 is 9.90 Å². The molecule has 1 aliphatic carbocycles. The van der Waals surface area contributed by atoms with Crippen LogP contribution in [0.5, 0.6) is 0 Å². The topological polar surface area (TPSA) is 74.2 Å². The van der Waals surface area contributed by atoms with Gasteiger partial charge >= 0.3 is 6.03 Å². The van der Waals surface area contributed by atoms with E-state index in [1.807, 2.05) is 26.2 Å². The second kappa shape index (κ2) is 7.42. The Bertz CT molecular complexity index is 495. The molecule has 2 rings (SSSR count). The first kappa shape index (κ1) is 17.2. The molecule has 5 nitrogen and oxygen atoms in total. The molecule has 0 spiro atoms. The van der Waals surface area contributed by atoms with E-state index in [-0.39, 0.29) is 24.5 Å². The van der Waals surface area contributed by atoms with Crippen LogP contribution >= 0.6 is 11.3 Å². The first-order chi connectivity index (χ1) is 10.4. The monoisotopic (exact) mass is 325 g/mol. The van der Waals surface area contributed by atoms with Crippen molar-refractivity contribution in [1.29, 1.82) is 0 Å². The summed E-state index contributed by atoms with van der Waals surface area (Å²) in [7, 11) is 0. The largest absolute Gasteiger partial charge is 0.388 e. The summed E-state index contributed by atoms with van der Waals surface area (Å²) >= 11 is 1.54. The fourth-order valence-electron chi connectivity index (χ4n) is 3.01. The van der Waals surface area contributed by atoms with Crippen molar-refractivity contribution >= 4 is 17.4 Å². The smallest absolute Gasteiger partial charge is 0.315 e. The number of carbonyl (C=O) groups is 1. The minimum atomic E-state index is -0.835. The van der Waals surface area contributed by atoms with Crippen LogP contribution in [0.25, 0.3) is 0 Å². The zero-order valence-electron chi connectivity index (χ0n) is 13.7. The Balaban J connectivity index is 1.79. The molecule has 0 unspecified atom stereocenters. The lowest BCUT2D eigenvalue weighted by atomic mass is 9.78. The van der Waals surface area contributed by atoms with Crippen molar-refractivity contribution in [2.45, 2.75) is 64.5 Å². The third-order valence-electron chi connectivity index (χ3n) is 4.45. The minimum Gasteiger partial charge on any atom is -0.388 e. The molecule has 1 aliphatic rings. The SMILES string of the molecule is Cc1csc([C@H](C)NC(=O)NC[C@@](C)(O)C2CCCCC2)n1. The van der Waals surface area contributed by atoms with Gasteiger partial charge in [0.1, 0.15) is 5.01 Å². The highest BCUT2D eigenvalue weighted by Crippen LogP contribution is 2.32. The molecule has 3 N–H and O–H groups in total. The van der Waals surface area contributed by atoms with Gasteiger partial charge in [-0.05, 0) is 39.5 Å². The molecule has 2 atom stereocenters. The fraction of sp³-hybridized carbons (Fsp3) is 0.750. The van der Waals surface area contributed by atoms with Gasteiger partial charge in [0.05, 0.1) is 11.6 Å². The molecule has 0 saturated heterocycles. The number of aliphatic hydroxyl groups is 1. The number of carbonyl (C=O) groups excluding carboxylic acids is 1. The van der Waals surface area contributed by atoms with E-state index in [1.54, 1.807) is 11.3 Å². The van der Waals surface area contributed by atoms with Crippen LogP contribution in [0, 0.1) is 12.8 Å². The predicted molar refractivity (Wildman–Crippen MR) is 89.0 cm³/mol. The van der Waals surface area contributed by atoms with Gasteiger partial charge in [0, 0.05) is 17.6 Å². The predicted octanol–water partition coefficient (Wildman–Crippen LogP) is 3.14. The molecular formula is C16H27N3O2S. The number of amides is 2. The lowest BCUT2D eigenvalue weighted by molar-refractivity contribution is -0.0131. The summed E-state index contributed by atoms with van der Waals surface area (Å²) < 4.78 is 0. The number of urea groups is 1. The van der Waals surface area contributed by atoms with Gasteiger partial charge in [-0.3, -0.25) is 0 Å². The lowest BCUT2D eigenvalue weighted by Gasteiger charge is -2.35. The van der Waals surface area contributed by atoms with Gasteiger partial charge in [-0.25, -0.2) is 9.78 Å². The van der Waals surface area contributed by atoms with Crippen LogP contribution in [-0.2, 0) is 0 Å². The fourth-order valence-corrected chi connectivity index (χ4v) is 3.81. The molecule has 0 bridgehead atoms. The van der Waals surface area contributed by atoms with Gasteiger partial charge in [-0.1, -0.05) is 19.3 Å². The molecule has 0 radical (unpaired) electrons. The Morgan fingerprint density at radius 2 is 2.18 bits per heavy atom. The Morgan fingerprint density at radius 3 is 2.77 bits per heavy atom. The molecule has 0 aromatic carbocycles. The van der Waals surface area contributed by atoms with Crippen LogP contribution in [-0.4, -0.2) is 28.3 Å². The maximum absolute atomic E-state index is 12.0. The number of hydrogen-bond acceptors (Lipinski definition) is 4. The van der Waals surface area contributed by atoms with Crippen molar-refractivity contribution in [1.82, 2.24) is 15.6 Å². The number of nitrogens with zero attached hydrogens (tertiary/aromatic N) is 1. The van der Waals surface area contributed by atoms with Crippen LogP contribution in [0.1, 0.15) is 62.7 Å². The number of aryl methyl sites for hydroxylation is 1. The van der Waals surface area contributed by atoms with Crippen LogP contribution in [0.3, 0.4) is 0 Å². The third-order valence-corrected chi connectivity index (χ3v) is 5.59. The van der Waals surface area contributed by atoms with Gasteiger partial charge in [-0.2, -0.15) is 0 Å². The summed E-state index contributed by atoms with van der Waals surface area (Å²) in [5.74, 6) is 0.278. The zero-order valence-corrected chi connectivity index (χ0v) is 14.5. The van der Waals surface area contributed by atoms with Crippen LogP contribution in [0.4, 0.5) is 4.79 Å². The van der Waals surface area contributed by atoms with E-state index >= 15 is 0 Å². The van der Waals surface area contributed by atoms with Crippen molar-refractivity contribution in [3.63, 3.8) is 0 Å². The summed E-state index contributed by atoms with van der Waals surface area (Å²) in [5, 5.41) is 19.1. The van der Waals surface area contributed by atoms with Crippen molar-refractivity contribution in [2.75, 3.05) is 6.54 Å². The van der Waals surface area contributed by atoms with E-state index in [0.717, 1.165) is 23.5 Å². The Kier molecular flexibility index (Phi) is 5.81. The lowest BCUT2D eigenvalue weighted by Crippen LogP contribution is -2.49. The summed E-state index contributed by atoms with van der Waals surface area (Å²) in [6, 6.07) is -0.380. The maximum atomic E-state index is 12.0. The van der Waals surface area contributed by atoms with E-state index in [0.29, 0.717) is 0 Å². The number of hydrogen-bond donors (Lipinski definition) is 3. The van der Waals surface area contributed by atoms with Gasteiger partial charge < -0.3 is 15.7 Å². The molecule has 0 aliphatic heterocycles. The summed E-state index contributed by atoms with van der Waals surface area (Å²) in [6.45, 7) is 5.97. The highest BCUT2D eigenvalue weighted by Gasteiger charge is 2.33. The molecular weight excluding hydrogens is 298 g/mol. The Labute approximate surface area is 136 Å². The molecule has 1 aromatic rings. The zero-order chi connectivity index (χ0) is 16.2. The van der Waals surface area contributed by atoms with Gasteiger partial charge in [0.25, 0.3) is 0 Å². The Hall–Kier alpha value is -1.14. The average molecular weight is 325 g/mol. The van der Waals surface area contributed by atoms with E-state index in [2.05, 4.69) is 15.6 Å². The number of aromatic nitrogens is 1. The Morgan fingerprint density at radius 1 is 1.50 bits per heavy atom. The quantitative estimate of drug-likeness (QED) is 0.778. The van der Waals surface area contributed by atoms with Gasteiger partial charge in [0.15, 0.2) is 0 Å². The number of nitrogens with one attached hydrogen (secondary N) is 2. The molecule has 1 fully saturated rings. The normalized spacial score (nSPS) is 20.2. The second-order valence-electron chi connectivity index (χ2n) is 6.57. The highest BCUT2D eigenvalue weighted by atomic mass is 32.1. The summed E-state index contributed by atoms with van der Waals surface area (Å²) in [4.78, 5) is 16.4. The van der Waals surface area contributed by atoms with Crippen LogP contribution < -0.4 is 10.6 Å². The molecule has 2 amide bonds.